The van der Waals surface area contributed by atoms with E-state index in [-0.39, 0.29) is 0 Å². The van der Waals surface area contributed by atoms with Gasteiger partial charge in [-0.25, -0.2) is 0 Å². The largest absolute Gasteiger partial charge is 0.493 e. The fourth-order valence-corrected chi connectivity index (χ4v) is 2.05. The summed E-state index contributed by atoms with van der Waals surface area (Å²) in [6.45, 7) is 6.46. The topological polar surface area (TPSA) is 34.4 Å². The van der Waals surface area contributed by atoms with Crippen LogP contribution in [0.3, 0.4) is 0 Å². The smallest absolute Gasteiger partial charge is 0.175 e. The van der Waals surface area contributed by atoms with E-state index < -0.39 is 0 Å². The lowest BCUT2D eigenvalue weighted by atomic mass is 10.1. The highest BCUT2D eigenvalue weighted by Gasteiger charge is 2.09. The van der Waals surface area contributed by atoms with Crippen LogP contribution in [0.4, 0.5) is 0 Å². The molecule has 18 heavy (non-hydrogen) atoms. The highest BCUT2D eigenvalue weighted by Crippen LogP contribution is 2.29. The molecule has 0 saturated heterocycles. The highest BCUT2D eigenvalue weighted by atomic mass is 16.5. The van der Waals surface area contributed by atoms with Gasteiger partial charge in [0.2, 0.25) is 0 Å². The summed E-state index contributed by atoms with van der Waals surface area (Å²) < 4.78 is 10.9. The molecule has 2 aromatic rings. The molecule has 0 bridgehead atoms. The lowest BCUT2D eigenvalue weighted by Crippen LogP contribution is -2.21. The zero-order chi connectivity index (χ0) is 13.0. The van der Waals surface area contributed by atoms with E-state index in [1.807, 2.05) is 18.4 Å². The Hall–Kier alpha value is -1.48. The van der Waals surface area contributed by atoms with E-state index in [4.69, 9.17) is 9.15 Å². The summed E-state index contributed by atoms with van der Waals surface area (Å²) in [6.07, 6.45) is 2.82. The summed E-state index contributed by atoms with van der Waals surface area (Å²) in [5.74, 6) is 1.49. The van der Waals surface area contributed by atoms with Crippen LogP contribution in [0.2, 0.25) is 0 Å². The van der Waals surface area contributed by atoms with E-state index >= 15 is 0 Å². The minimum atomic E-state index is 0.686. The van der Waals surface area contributed by atoms with Crippen molar-refractivity contribution in [3.8, 4) is 5.75 Å². The van der Waals surface area contributed by atoms with Crippen LogP contribution in [0, 0.1) is 5.92 Å². The number of hydrogen-bond donors (Lipinski definition) is 1. The molecule has 1 heterocycles. The van der Waals surface area contributed by atoms with Crippen molar-refractivity contribution >= 4 is 11.0 Å². The van der Waals surface area contributed by atoms with E-state index in [1.54, 1.807) is 7.11 Å². The second-order valence-electron chi connectivity index (χ2n) is 4.95. The maximum atomic E-state index is 5.60. The van der Waals surface area contributed by atoms with Crippen molar-refractivity contribution in [3.63, 3.8) is 0 Å². The van der Waals surface area contributed by atoms with Crippen LogP contribution in [0.1, 0.15) is 19.4 Å². The van der Waals surface area contributed by atoms with E-state index in [9.17, 15) is 0 Å². The van der Waals surface area contributed by atoms with Gasteiger partial charge in [0.15, 0.2) is 11.3 Å². The molecule has 3 nitrogen and oxygen atoms in total. The number of hydrogen-bond acceptors (Lipinski definition) is 3. The van der Waals surface area contributed by atoms with E-state index in [0.29, 0.717) is 5.92 Å². The van der Waals surface area contributed by atoms with Crippen molar-refractivity contribution in [2.24, 2.45) is 5.92 Å². The second-order valence-corrected chi connectivity index (χ2v) is 4.95. The van der Waals surface area contributed by atoms with Crippen LogP contribution in [0.5, 0.6) is 5.75 Å². The quantitative estimate of drug-likeness (QED) is 0.796. The summed E-state index contributed by atoms with van der Waals surface area (Å²) in [5.41, 5.74) is 2.08. The van der Waals surface area contributed by atoms with Crippen LogP contribution in [-0.2, 0) is 6.42 Å². The molecule has 0 aliphatic carbocycles. The molecule has 0 aliphatic heterocycles. The lowest BCUT2D eigenvalue weighted by molar-refractivity contribution is 0.410. The van der Waals surface area contributed by atoms with Gasteiger partial charge in [-0.2, -0.15) is 0 Å². The number of para-hydroxylation sites is 1. The van der Waals surface area contributed by atoms with Gasteiger partial charge in [-0.15, -0.1) is 0 Å². The van der Waals surface area contributed by atoms with Gasteiger partial charge >= 0.3 is 0 Å². The SMILES string of the molecule is COc1cccc2c(CCNCC(C)C)coc12. The number of furan rings is 1. The molecule has 0 atom stereocenters. The van der Waals surface area contributed by atoms with Gasteiger partial charge < -0.3 is 14.5 Å². The first-order chi connectivity index (χ1) is 8.72. The molecule has 0 unspecified atom stereocenters. The van der Waals surface area contributed by atoms with Crippen molar-refractivity contribution in [2.45, 2.75) is 20.3 Å². The molecule has 2 rings (SSSR count). The lowest BCUT2D eigenvalue weighted by Gasteiger charge is -2.06. The highest BCUT2D eigenvalue weighted by molar-refractivity contribution is 5.86. The number of methoxy groups -OCH3 is 1. The van der Waals surface area contributed by atoms with E-state index in [2.05, 4.69) is 25.2 Å². The summed E-state index contributed by atoms with van der Waals surface area (Å²) in [5, 5.41) is 4.60. The van der Waals surface area contributed by atoms with Crippen LogP contribution in [0.15, 0.2) is 28.9 Å². The minimum absolute atomic E-state index is 0.686. The third-order valence-electron chi connectivity index (χ3n) is 2.99. The molecule has 0 radical (unpaired) electrons. The standard InChI is InChI=1S/C15H21NO2/c1-11(2)9-16-8-7-12-10-18-15-13(12)5-4-6-14(15)17-3/h4-6,10-11,16H,7-9H2,1-3H3. The van der Waals surface area contributed by atoms with Crippen LogP contribution >= 0.6 is 0 Å². The average molecular weight is 247 g/mol. The Bertz CT molecular complexity index is 502. The van der Waals surface area contributed by atoms with Gasteiger partial charge in [0.25, 0.3) is 0 Å². The average Bonchev–Trinajstić information content (AvgIpc) is 2.77. The van der Waals surface area contributed by atoms with Gasteiger partial charge in [-0.05, 0) is 37.1 Å². The summed E-state index contributed by atoms with van der Waals surface area (Å²) in [4.78, 5) is 0. The maximum Gasteiger partial charge on any atom is 0.175 e. The Labute approximate surface area is 108 Å². The monoisotopic (exact) mass is 247 g/mol. The molecule has 0 saturated carbocycles. The molecule has 0 spiro atoms. The zero-order valence-corrected chi connectivity index (χ0v) is 11.3. The Kier molecular flexibility index (Phi) is 4.26. The van der Waals surface area contributed by atoms with Crippen molar-refractivity contribution in [1.82, 2.24) is 5.32 Å². The molecule has 0 aliphatic rings. The first-order valence-electron chi connectivity index (χ1n) is 6.46. The van der Waals surface area contributed by atoms with Crippen molar-refractivity contribution < 1.29 is 9.15 Å². The zero-order valence-electron chi connectivity index (χ0n) is 11.3. The summed E-state index contributed by atoms with van der Waals surface area (Å²) in [6, 6.07) is 6.01. The number of rotatable bonds is 6. The molecular formula is C15H21NO2. The molecule has 3 heteroatoms. The van der Waals surface area contributed by atoms with Crippen LogP contribution < -0.4 is 10.1 Å². The van der Waals surface area contributed by atoms with Crippen molar-refractivity contribution in [2.75, 3.05) is 20.2 Å². The molecule has 1 aromatic heterocycles. The molecular weight excluding hydrogens is 226 g/mol. The predicted molar refractivity (Wildman–Crippen MR) is 74.2 cm³/mol. The number of nitrogens with one attached hydrogen (secondary N) is 1. The molecule has 1 aromatic carbocycles. The number of ether oxygens (including phenoxy) is 1. The third-order valence-corrected chi connectivity index (χ3v) is 2.99. The predicted octanol–water partition coefficient (Wildman–Crippen LogP) is 3.23. The Balaban J connectivity index is 2.05. The Morgan fingerprint density at radius 3 is 2.89 bits per heavy atom. The van der Waals surface area contributed by atoms with E-state index in [0.717, 1.165) is 36.2 Å². The molecule has 98 valence electrons. The maximum absolute atomic E-state index is 5.60. The fraction of sp³-hybridized carbons (Fsp3) is 0.467. The van der Waals surface area contributed by atoms with Gasteiger partial charge in [0.1, 0.15) is 0 Å². The van der Waals surface area contributed by atoms with Gasteiger partial charge in [0, 0.05) is 5.39 Å². The first-order valence-corrected chi connectivity index (χ1v) is 6.46. The van der Waals surface area contributed by atoms with Gasteiger partial charge in [0.05, 0.1) is 13.4 Å². The van der Waals surface area contributed by atoms with Crippen molar-refractivity contribution in [3.05, 3.63) is 30.0 Å². The first kappa shape index (κ1) is 13.0. The Morgan fingerprint density at radius 2 is 2.17 bits per heavy atom. The molecule has 0 fully saturated rings. The third kappa shape index (κ3) is 2.85. The number of benzene rings is 1. The normalized spacial score (nSPS) is 11.3. The minimum Gasteiger partial charge on any atom is -0.493 e. The van der Waals surface area contributed by atoms with Crippen LogP contribution in [-0.4, -0.2) is 20.2 Å². The van der Waals surface area contributed by atoms with Gasteiger partial charge in [-0.1, -0.05) is 26.0 Å². The Morgan fingerprint density at radius 1 is 1.33 bits per heavy atom. The second kappa shape index (κ2) is 5.91. The van der Waals surface area contributed by atoms with Crippen molar-refractivity contribution in [1.29, 1.82) is 0 Å². The fourth-order valence-electron chi connectivity index (χ4n) is 2.05. The summed E-state index contributed by atoms with van der Waals surface area (Å²) in [7, 11) is 1.67. The molecule has 1 N–H and O–H groups in total. The molecule has 0 amide bonds. The number of fused-ring (bicyclic) bond motifs is 1. The van der Waals surface area contributed by atoms with E-state index in [1.165, 1.54) is 5.56 Å². The summed E-state index contributed by atoms with van der Waals surface area (Å²) >= 11 is 0. The van der Waals surface area contributed by atoms with Gasteiger partial charge in [-0.3, -0.25) is 0 Å². The van der Waals surface area contributed by atoms with Crippen LogP contribution in [0.25, 0.3) is 11.0 Å².